The van der Waals surface area contributed by atoms with E-state index in [-0.39, 0.29) is 11.5 Å². The highest BCUT2D eigenvalue weighted by Crippen LogP contribution is 2.38. The summed E-state index contributed by atoms with van der Waals surface area (Å²) in [6, 6.07) is 8.46. The van der Waals surface area contributed by atoms with Crippen LogP contribution in [0, 0.1) is 0 Å². The van der Waals surface area contributed by atoms with Crippen LogP contribution < -0.4 is 20.3 Å². The second-order valence-electron chi connectivity index (χ2n) is 4.96. The Bertz CT molecular complexity index is 920. The molecule has 9 heteroatoms. The molecule has 0 unspecified atom stereocenters. The summed E-state index contributed by atoms with van der Waals surface area (Å²) in [6.07, 6.45) is 1.37. The maximum Gasteiger partial charge on any atom is 0.305 e. The standard InChI is InChI=1S/C17H15N3O5S/c1-23-12-6-3-5-10(14(12)24-2)17-18-11(9-26-17)15(21)19-20-16(22)13-7-4-8-25-13/h3-9H,1-2H3,(H,19,21)(H,20,22). The van der Waals surface area contributed by atoms with Gasteiger partial charge in [0.25, 0.3) is 5.91 Å². The van der Waals surface area contributed by atoms with Crippen molar-refractivity contribution >= 4 is 23.2 Å². The molecule has 8 nitrogen and oxygen atoms in total. The first-order valence-electron chi connectivity index (χ1n) is 7.45. The van der Waals surface area contributed by atoms with E-state index >= 15 is 0 Å². The van der Waals surface area contributed by atoms with Gasteiger partial charge in [-0.1, -0.05) is 6.07 Å². The molecule has 2 N–H and O–H groups in total. The highest BCUT2D eigenvalue weighted by Gasteiger charge is 2.18. The van der Waals surface area contributed by atoms with Crippen LogP contribution in [0.5, 0.6) is 11.5 Å². The largest absolute Gasteiger partial charge is 0.493 e. The maximum atomic E-state index is 12.2. The van der Waals surface area contributed by atoms with Crippen molar-refractivity contribution < 1.29 is 23.5 Å². The number of furan rings is 1. The Hall–Kier alpha value is -3.33. The van der Waals surface area contributed by atoms with Crippen molar-refractivity contribution in [2.45, 2.75) is 0 Å². The van der Waals surface area contributed by atoms with Gasteiger partial charge in [0.2, 0.25) is 0 Å². The van der Waals surface area contributed by atoms with Crippen molar-refractivity contribution in [3.05, 3.63) is 53.4 Å². The van der Waals surface area contributed by atoms with E-state index < -0.39 is 11.8 Å². The van der Waals surface area contributed by atoms with Gasteiger partial charge in [-0.3, -0.25) is 20.4 Å². The molecule has 0 aliphatic rings. The Labute approximate surface area is 152 Å². The minimum absolute atomic E-state index is 0.0883. The number of para-hydroxylation sites is 1. The number of benzene rings is 1. The molecule has 0 radical (unpaired) electrons. The fraction of sp³-hybridized carbons (Fsp3) is 0.118. The molecule has 1 aromatic carbocycles. The molecule has 2 aromatic heterocycles. The van der Waals surface area contributed by atoms with E-state index in [0.717, 1.165) is 0 Å². The number of hydrogen-bond donors (Lipinski definition) is 2. The number of methoxy groups -OCH3 is 2. The lowest BCUT2D eigenvalue weighted by atomic mass is 10.2. The van der Waals surface area contributed by atoms with Gasteiger partial charge in [0.1, 0.15) is 10.7 Å². The Morgan fingerprint density at radius 2 is 1.88 bits per heavy atom. The van der Waals surface area contributed by atoms with Gasteiger partial charge in [-0.25, -0.2) is 4.98 Å². The molecule has 0 spiro atoms. The van der Waals surface area contributed by atoms with Gasteiger partial charge < -0.3 is 13.9 Å². The fourth-order valence-corrected chi connectivity index (χ4v) is 3.03. The van der Waals surface area contributed by atoms with E-state index in [1.54, 1.807) is 30.7 Å². The predicted molar refractivity (Wildman–Crippen MR) is 94.3 cm³/mol. The fourth-order valence-electron chi connectivity index (χ4n) is 2.20. The molecule has 0 bridgehead atoms. The molecule has 0 atom stereocenters. The highest BCUT2D eigenvalue weighted by molar-refractivity contribution is 7.13. The normalized spacial score (nSPS) is 10.2. The molecule has 3 rings (SSSR count). The summed E-state index contributed by atoms with van der Waals surface area (Å²) in [4.78, 5) is 28.2. The molecule has 26 heavy (non-hydrogen) atoms. The van der Waals surface area contributed by atoms with Crippen LogP contribution in [-0.4, -0.2) is 31.0 Å². The predicted octanol–water partition coefficient (Wildman–Crippen LogP) is 2.50. The van der Waals surface area contributed by atoms with E-state index in [9.17, 15) is 9.59 Å². The second-order valence-corrected chi connectivity index (χ2v) is 5.82. The number of hydrazine groups is 1. The van der Waals surface area contributed by atoms with Crippen LogP contribution in [0.4, 0.5) is 0 Å². The lowest BCUT2D eigenvalue weighted by Gasteiger charge is -2.10. The summed E-state index contributed by atoms with van der Waals surface area (Å²) in [5.41, 5.74) is 5.42. The second kappa shape index (κ2) is 7.70. The molecular weight excluding hydrogens is 358 g/mol. The van der Waals surface area contributed by atoms with Gasteiger partial charge in [0.05, 0.1) is 26.0 Å². The summed E-state index contributed by atoms with van der Waals surface area (Å²) in [6.45, 7) is 0. The quantitative estimate of drug-likeness (QED) is 0.666. The first-order chi connectivity index (χ1) is 12.6. The van der Waals surface area contributed by atoms with Crippen LogP contribution >= 0.6 is 11.3 Å². The Kier molecular flexibility index (Phi) is 5.18. The van der Waals surface area contributed by atoms with Crippen LogP contribution in [0.25, 0.3) is 10.6 Å². The molecular formula is C17H15N3O5S. The van der Waals surface area contributed by atoms with Crippen LogP contribution in [-0.2, 0) is 0 Å². The van der Waals surface area contributed by atoms with Crippen molar-refractivity contribution in [3.63, 3.8) is 0 Å². The number of amides is 2. The van der Waals surface area contributed by atoms with Crippen molar-refractivity contribution in [2.75, 3.05) is 14.2 Å². The first kappa shape index (κ1) is 17.5. The molecule has 3 aromatic rings. The average Bonchev–Trinajstić information content (AvgIpc) is 3.36. The number of carbonyl (C=O) groups excluding carboxylic acids is 2. The van der Waals surface area contributed by atoms with Gasteiger partial charge in [0.15, 0.2) is 17.3 Å². The van der Waals surface area contributed by atoms with Gasteiger partial charge in [-0.05, 0) is 24.3 Å². The monoisotopic (exact) mass is 373 g/mol. The molecule has 0 saturated carbocycles. The lowest BCUT2D eigenvalue weighted by molar-refractivity contribution is 0.0829. The van der Waals surface area contributed by atoms with Gasteiger partial charge in [-0.15, -0.1) is 11.3 Å². The summed E-state index contributed by atoms with van der Waals surface area (Å²) >= 11 is 1.27. The van der Waals surface area contributed by atoms with E-state index in [1.165, 1.54) is 30.8 Å². The van der Waals surface area contributed by atoms with E-state index in [1.807, 2.05) is 6.07 Å². The minimum Gasteiger partial charge on any atom is -0.493 e. The summed E-state index contributed by atoms with van der Waals surface area (Å²) < 4.78 is 15.6. The summed E-state index contributed by atoms with van der Waals surface area (Å²) in [5.74, 6) is 0.0762. The third-order valence-corrected chi connectivity index (χ3v) is 4.28. The number of hydrogen-bond acceptors (Lipinski definition) is 7. The van der Waals surface area contributed by atoms with Crippen molar-refractivity contribution in [2.24, 2.45) is 0 Å². The zero-order chi connectivity index (χ0) is 18.5. The summed E-state index contributed by atoms with van der Waals surface area (Å²) in [7, 11) is 3.08. The lowest BCUT2D eigenvalue weighted by Crippen LogP contribution is -2.41. The topological polar surface area (TPSA) is 103 Å². The van der Waals surface area contributed by atoms with E-state index in [2.05, 4.69) is 15.8 Å². The van der Waals surface area contributed by atoms with Crippen molar-refractivity contribution in [3.8, 4) is 22.1 Å². The van der Waals surface area contributed by atoms with Gasteiger partial charge in [-0.2, -0.15) is 0 Å². The Morgan fingerprint density at radius 3 is 2.58 bits per heavy atom. The van der Waals surface area contributed by atoms with Crippen LogP contribution in [0.2, 0.25) is 0 Å². The van der Waals surface area contributed by atoms with Crippen LogP contribution in [0.1, 0.15) is 21.0 Å². The molecule has 2 heterocycles. The third kappa shape index (κ3) is 3.52. The molecule has 0 fully saturated rings. The van der Waals surface area contributed by atoms with Gasteiger partial charge >= 0.3 is 5.91 Å². The third-order valence-electron chi connectivity index (χ3n) is 3.40. The van der Waals surface area contributed by atoms with Crippen LogP contribution in [0.15, 0.2) is 46.4 Å². The summed E-state index contributed by atoms with van der Waals surface area (Å²) in [5, 5.41) is 2.17. The number of aromatic nitrogens is 1. The molecule has 134 valence electrons. The first-order valence-corrected chi connectivity index (χ1v) is 8.33. The molecule has 0 aliphatic carbocycles. The maximum absolute atomic E-state index is 12.2. The van der Waals surface area contributed by atoms with E-state index in [4.69, 9.17) is 13.9 Å². The average molecular weight is 373 g/mol. The number of ether oxygens (including phenoxy) is 2. The number of carbonyl (C=O) groups is 2. The zero-order valence-electron chi connectivity index (χ0n) is 13.9. The number of thiazole rings is 1. The number of nitrogens with zero attached hydrogens (tertiary/aromatic N) is 1. The number of nitrogens with one attached hydrogen (secondary N) is 2. The van der Waals surface area contributed by atoms with Crippen LogP contribution in [0.3, 0.4) is 0 Å². The number of rotatable bonds is 5. The molecule has 2 amide bonds. The Balaban J connectivity index is 1.74. The highest BCUT2D eigenvalue weighted by atomic mass is 32.1. The van der Waals surface area contributed by atoms with Crippen molar-refractivity contribution in [1.82, 2.24) is 15.8 Å². The zero-order valence-corrected chi connectivity index (χ0v) is 14.8. The van der Waals surface area contributed by atoms with Gasteiger partial charge in [0, 0.05) is 5.38 Å². The smallest absolute Gasteiger partial charge is 0.305 e. The molecule has 0 aliphatic heterocycles. The SMILES string of the molecule is COc1cccc(-c2nc(C(=O)NNC(=O)c3ccco3)cs2)c1OC. The minimum atomic E-state index is -0.562. The molecule has 0 saturated heterocycles. The Morgan fingerprint density at radius 1 is 1.08 bits per heavy atom. The van der Waals surface area contributed by atoms with Crippen molar-refractivity contribution in [1.29, 1.82) is 0 Å². The van der Waals surface area contributed by atoms with E-state index in [0.29, 0.717) is 22.1 Å².